The third-order valence-corrected chi connectivity index (χ3v) is 6.02. The number of amides is 2. The summed E-state index contributed by atoms with van der Waals surface area (Å²) >= 11 is 8.05. The van der Waals surface area contributed by atoms with Gasteiger partial charge in [-0.1, -0.05) is 35.9 Å². The van der Waals surface area contributed by atoms with Crippen molar-refractivity contribution >= 4 is 57.7 Å². The van der Waals surface area contributed by atoms with Crippen molar-refractivity contribution in [3.05, 3.63) is 74.3 Å². The molecule has 1 unspecified atom stereocenters. The van der Waals surface area contributed by atoms with Crippen LogP contribution in [0.4, 0.5) is 5.69 Å². The molecule has 8 heteroatoms. The molecule has 2 amide bonds. The van der Waals surface area contributed by atoms with E-state index in [2.05, 4.69) is 5.32 Å². The van der Waals surface area contributed by atoms with Crippen LogP contribution in [0.5, 0.6) is 0 Å². The summed E-state index contributed by atoms with van der Waals surface area (Å²) in [4.78, 5) is 39.7. The molecule has 0 radical (unpaired) electrons. The lowest BCUT2D eigenvalue weighted by molar-refractivity contribution is -0.145. The maximum atomic E-state index is 12.8. The molecule has 1 aliphatic heterocycles. The van der Waals surface area contributed by atoms with Crippen LogP contribution in [0.3, 0.4) is 0 Å². The highest BCUT2D eigenvalue weighted by Gasteiger charge is 2.28. The fourth-order valence-corrected chi connectivity index (χ4v) is 4.03. The summed E-state index contributed by atoms with van der Waals surface area (Å²) in [5, 5.41) is 3.15. The molecule has 0 aliphatic carbocycles. The van der Waals surface area contributed by atoms with E-state index in [4.69, 9.17) is 16.3 Å². The second-order valence-electron chi connectivity index (χ2n) is 6.91. The highest BCUT2D eigenvalue weighted by Crippen LogP contribution is 2.25. The van der Waals surface area contributed by atoms with E-state index in [1.54, 1.807) is 36.1 Å². The molecule has 31 heavy (non-hydrogen) atoms. The molecule has 2 aromatic carbocycles. The summed E-state index contributed by atoms with van der Waals surface area (Å²) in [6.45, 7) is 2.47. The molecular formula is C23H22ClIN2O4. The number of benzene rings is 2. The fourth-order valence-electron chi connectivity index (χ4n) is 3.28. The summed E-state index contributed by atoms with van der Waals surface area (Å²) in [6.07, 6.45) is 2.45. The lowest BCUT2D eigenvalue weighted by Crippen LogP contribution is -2.42. The van der Waals surface area contributed by atoms with Crippen molar-refractivity contribution in [3.63, 3.8) is 0 Å². The van der Waals surface area contributed by atoms with Crippen LogP contribution in [-0.4, -0.2) is 37.0 Å². The first-order valence-electron chi connectivity index (χ1n) is 9.89. The Morgan fingerprint density at radius 3 is 2.71 bits per heavy atom. The maximum Gasteiger partial charge on any atom is 0.328 e. The predicted molar refractivity (Wildman–Crippen MR) is 128 cm³/mol. The SMILES string of the molecule is CCOC(=O)C(C/C=C1\CCN(c2ccccc2)C1=O)NC(=O)c1cc(Cl)ccc1I. The van der Waals surface area contributed by atoms with Gasteiger partial charge in [-0.05, 0) is 72.7 Å². The van der Waals surface area contributed by atoms with E-state index in [0.717, 1.165) is 5.69 Å². The van der Waals surface area contributed by atoms with Gasteiger partial charge in [0, 0.05) is 26.4 Å². The van der Waals surface area contributed by atoms with Gasteiger partial charge in [-0.15, -0.1) is 0 Å². The molecule has 1 heterocycles. The number of carbonyl (C=O) groups is 3. The molecule has 0 aromatic heterocycles. The van der Waals surface area contributed by atoms with E-state index < -0.39 is 17.9 Å². The summed E-state index contributed by atoms with van der Waals surface area (Å²) in [5.41, 5.74) is 1.83. The summed E-state index contributed by atoms with van der Waals surface area (Å²) in [5.74, 6) is -1.06. The van der Waals surface area contributed by atoms with Crippen molar-refractivity contribution in [2.45, 2.75) is 25.8 Å². The topological polar surface area (TPSA) is 75.7 Å². The van der Waals surface area contributed by atoms with Gasteiger partial charge in [-0.3, -0.25) is 9.59 Å². The van der Waals surface area contributed by atoms with E-state index >= 15 is 0 Å². The third kappa shape index (κ3) is 5.86. The van der Waals surface area contributed by atoms with Gasteiger partial charge in [-0.2, -0.15) is 0 Å². The molecule has 1 saturated heterocycles. The van der Waals surface area contributed by atoms with Crippen LogP contribution >= 0.6 is 34.2 Å². The molecule has 1 aliphatic rings. The molecule has 0 saturated carbocycles. The Kier molecular flexibility index (Phi) is 8.09. The van der Waals surface area contributed by atoms with Gasteiger partial charge in [0.15, 0.2) is 0 Å². The zero-order chi connectivity index (χ0) is 22.4. The maximum absolute atomic E-state index is 12.8. The van der Waals surface area contributed by atoms with Crippen LogP contribution in [0, 0.1) is 3.57 Å². The first kappa shape index (κ1) is 23.3. The molecule has 162 valence electrons. The highest BCUT2D eigenvalue weighted by atomic mass is 127. The van der Waals surface area contributed by atoms with Gasteiger partial charge in [0.1, 0.15) is 6.04 Å². The molecular weight excluding hydrogens is 531 g/mol. The number of carbonyl (C=O) groups excluding carboxylic acids is 3. The minimum Gasteiger partial charge on any atom is -0.464 e. The first-order valence-corrected chi connectivity index (χ1v) is 11.3. The van der Waals surface area contributed by atoms with E-state index in [1.807, 2.05) is 52.9 Å². The molecule has 2 aromatic rings. The minimum atomic E-state index is -0.909. The Balaban J connectivity index is 1.74. The largest absolute Gasteiger partial charge is 0.464 e. The number of halogens is 2. The smallest absolute Gasteiger partial charge is 0.328 e. The van der Waals surface area contributed by atoms with Crippen molar-refractivity contribution in [1.82, 2.24) is 5.32 Å². The quantitative estimate of drug-likeness (QED) is 0.315. The van der Waals surface area contributed by atoms with Gasteiger partial charge < -0.3 is 15.0 Å². The average molecular weight is 553 g/mol. The van der Waals surface area contributed by atoms with Crippen molar-refractivity contribution in [1.29, 1.82) is 0 Å². The Bertz CT molecular complexity index is 1010. The monoisotopic (exact) mass is 552 g/mol. The highest BCUT2D eigenvalue weighted by molar-refractivity contribution is 14.1. The second kappa shape index (κ2) is 10.8. The number of hydrogen-bond donors (Lipinski definition) is 1. The van der Waals surface area contributed by atoms with E-state index in [0.29, 0.717) is 32.7 Å². The number of esters is 1. The minimum absolute atomic E-state index is 0.0930. The molecule has 0 bridgehead atoms. The Labute approximate surface area is 199 Å². The zero-order valence-electron chi connectivity index (χ0n) is 16.9. The number of hydrogen-bond acceptors (Lipinski definition) is 4. The molecule has 6 nitrogen and oxygen atoms in total. The summed E-state index contributed by atoms with van der Waals surface area (Å²) < 4.78 is 5.83. The average Bonchev–Trinajstić information content (AvgIpc) is 3.13. The number of nitrogens with zero attached hydrogens (tertiary/aromatic N) is 1. The number of anilines is 1. The summed E-state index contributed by atoms with van der Waals surface area (Å²) in [6, 6.07) is 13.5. The van der Waals surface area contributed by atoms with Gasteiger partial charge in [0.25, 0.3) is 11.8 Å². The zero-order valence-corrected chi connectivity index (χ0v) is 19.9. The molecule has 1 fully saturated rings. The fraction of sp³-hybridized carbons (Fsp3) is 0.261. The van der Waals surface area contributed by atoms with Gasteiger partial charge in [0.05, 0.1) is 12.2 Å². The Hall–Kier alpha value is -2.39. The van der Waals surface area contributed by atoms with Crippen LogP contribution in [-0.2, 0) is 14.3 Å². The van der Waals surface area contributed by atoms with Crippen LogP contribution in [0.15, 0.2) is 60.2 Å². The Morgan fingerprint density at radius 2 is 2.00 bits per heavy atom. The Morgan fingerprint density at radius 1 is 1.26 bits per heavy atom. The number of ether oxygens (including phenoxy) is 1. The summed E-state index contributed by atoms with van der Waals surface area (Å²) in [7, 11) is 0. The van der Waals surface area contributed by atoms with Crippen LogP contribution in [0.2, 0.25) is 5.02 Å². The first-order chi connectivity index (χ1) is 14.9. The molecule has 1 atom stereocenters. The standard InChI is InChI=1S/C23H22ClIN2O4/c1-2-31-23(30)20(26-21(28)18-14-16(24)9-10-19(18)25)11-8-15-12-13-27(22(15)29)17-6-4-3-5-7-17/h3-10,14,20H,2,11-13H2,1H3,(H,26,28)/b15-8+. The van der Waals surface area contributed by atoms with Gasteiger partial charge in [-0.25, -0.2) is 4.79 Å². The van der Waals surface area contributed by atoms with Crippen molar-refractivity contribution in [2.75, 3.05) is 18.1 Å². The van der Waals surface area contributed by atoms with Crippen LogP contribution in [0.25, 0.3) is 0 Å². The predicted octanol–water partition coefficient (Wildman–Crippen LogP) is 4.36. The van der Waals surface area contributed by atoms with E-state index in [1.165, 1.54) is 0 Å². The number of nitrogens with one attached hydrogen (secondary N) is 1. The molecule has 0 spiro atoms. The van der Waals surface area contributed by atoms with E-state index in [-0.39, 0.29) is 18.9 Å². The van der Waals surface area contributed by atoms with Gasteiger partial charge in [0.2, 0.25) is 0 Å². The van der Waals surface area contributed by atoms with Crippen LogP contribution < -0.4 is 10.2 Å². The van der Waals surface area contributed by atoms with Crippen molar-refractivity contribution < 1.29 is 19.1 Å². The van der Waals surface area contributed by atoms with Crippen molar-refractivity contribution in [3.8, 4) is 0 Å². The lowest BCUT2D eigenvalue weighted by atomic mass is 10.1. The van der Waals surface area contributed by atoms with Gasteiger partial charge >= 0.3 is 5.97 Å². The lowest BCUT2D eigenvalue weighted by Gasteiger charge is -2.17. The van der Waals surface area contributed by atoms with Crippen molar-refractivity contribution in [2.24, 2.45) is 0 Å². The molecule has 3 rings (SSSR count). The van der Waals surface area contributed by atoms with E-state index in [9.17, 15) is 14.4 Å². The number of para-hydroxylation sites is 1. The van der Waals surface area contributed by atoms with Crippen LogP contribution in [0.1, 0.15) is 30.1 Å². The number of rotatable bonds is 7. The molecule has 1 N–H and O–H groups in total. The normalized spacial score (nSPS) is 15.8. The third-order valence-electron chi connectivity index (χ3n) is 4.84. The second-order valence-corrected chi connectivity index (χ2v) is 8.51.